The van der Waals surface area contributed by atoms with Crippen LogP contribution in [0.25, 0.3) is 0 Å². The highest BCUT2D eigenvalue weighted by Gasteiger charge is 2.40. The Labute approximate surface area is 132 Å². The molecule has 0 saturated carbocycles. The van der Waals surface area contributed by atoms with E-state index >= 15 is 0 Å². The fourth-order valence-electron chi connectivity index (χ4n) is 3.09. The molecule has 2 saturated heterocycles. The molecule has 116 valence electrons. The number of nitrogens with zero attached hydrogens (tertiary/aromatic N) is 1. The molecule has 1 N–H and O–H groups in total. The molecule has 1 aromatic rings. The van der Waals surface area contributed by atoms with Gasteiger partial charge in [-0.25, -0.2) is 0 Å². The Morgan fingerprint density at radius 2 is 1.86 bits per heavy atom. The van der Waals surface area contributed by atoms with Crippen molar-refractivity contribution in [3.05, 3.63) is 29.8 Å². The van der Waals surface area contributed by atoms with E-state index in [0.29, 0.717) is 11.8 Å². The molecule has 3 rings (SSSR count). The number of ether oxygens (including phenoxy) is 1. The van der Waals surface area contributed by atoms with E-state index in [-0.39, 0.29) is 18.3 Å². The van der Waals surface area contributed by atoms with Gasteiger partial charge in [0.1, 0.15) is 5.75 Å². The number of piperidine rings is 1. The van der Waals surface area contributed by atoms with Gasteiger partial charge >= 0.3 is 0 Å². The SMILES string of the molecule is COc1ccc(CC(=O)N2CCC3(CC2)CNC3)cc1.Cl. The van der Waals surface area contributed by atoms with Gasteiger partial charge in [0.25, 0.3) is 0 Å². The van der Waals surface area contributed by atoms with Gasteiger partial charge in [0.05, 0.1) is 13.5 Å². The number of hydrogen-bond donors (Lipinski definition) is 1. The van der Waals surface area contributed by atoms with Crippen molar-refractivity contribution in [3.8, 4) is 5.75 Å². The van der Waals surface area contributed by atoms with E-state index in [2.05, 4.69) is 5.32 Å². The Hall–Kier alpha value is -1.26. The van der Waals surface area contributed by atoms with E-state index in [1.54, 1.807) is 7.11 Å². The van der Waals surface area contributed by atoms with Crippen LogP contribution in [0.1, 0.15) is 18.4 Å². The summed E-state index contributed by atoms with van der Waals surface area (Å²) in [5.74, 6) is 1.08. The third kappa shape index (κ3) is 3.50. The molecule has 2 aliphatic rings. The second-order valence-corrected chi connectivity index (χ2v) is 6.01. The molecule has 0 radical (unpaired) electrons. The Kier molecular flexibility index (Phi) is 5.12. The van der Waals surface area contributed by atoms with Crippen LogP contribution in [0.15, 0.2) is 24.3 Å². The predicted octanol–water partition coefficient (Wildman–Crippen LogP) is 1.87. The van der Waals surface area contributed by atoms with Crippen LogP contribution in [0.4, 0.5) is 0 Å². The first kappa shape index (κ1) is 16.1. The maximum Gasteiger partial charge on any atom is 0.226 e. The number of carbonyl (C=O) groups excluding carboxylic acids is 1. The number of nitrogens with one attached hydrogen (secondary N) is 1. The summed E-state index contributed by atoms with van der Waals surface area (Å²) in [7, 11) is 1.65. The molecule has 21 heavy (non-hydrogen) atoms. The van der Waals surface area contributed by atoms with Crippen LogP contribution in [0.2, 0.25) is 0 Å². The number of benzene rings is 1. The average Bonchev–Trinajstić information content (AvgIpc) is 2.46. The number of amides is 1. The molecule has 2 fully saturated rings. The highest BCUT2D eigenvalue weighted by atomic mass is 35.5. The number of methoxy groups -OCH3 is 1. The molecule has 1 aromatic carbocycles. The summed E-state index contributed by atoms with van der Waals surface area (Å²) in [5, 5.41) is 3.35. The first-order valence-electron chi connectivity index (χ1n) is 7.32. The summed E-state index contributed by atoms with van der Waals surface area (Å²) in [5.41, 5.74) is 1.55. The van der Waals surface area contributed by atoms with Crippen LogP contribution in [-0.4, -0.2) is 44.1 Å². The molecule has 5 heteroatoms. The normalized spacial score (nSPS) is 19.6. The van der Waals surface area contributed by atoms with E-state index < -0.39 is 0 Å². The fraction of sp³-hybridized carbons (Fsp3) is 0.562. The summed E-state index contributed by atoms with van der Waals surface area (Å²) in [4.78, 5) is 14.3. The Morgan fingerprint density at radius 3 is 2.33 bits per heavy atom. The van der Waals surface area contributed by atoms with E-state index in [1.807, 2.05) is 29.2 Å². The molecule has 1 amide bonds. The zero-order chi connectivity index (χ0) is 14.0. The van der Waals surface area contributed by atoms with Gasteiger partial charge in [-0.2, -0.15) is 0 Å². The maximum atomic E-state index is 12.3. The lowest BCUT2D eigenvalue weighted by molar-refractivity contribution is -0.133. The Bertz CT molecular complexity index is 476. The van der Waals surface area contributed by atoms with Gasteiger partial charge in [-0.15, -0.1) is 12.4 Å². The zero-order valence-corrected chi connectivity index (χ0v) is 13.2. The monoisotopic (exact) mass is 310 g/mol. The van der Waals surface area contributed by atoms with Crippen LogP contribution < -0.4 is 10.1 Å². The molecule has 2 heterocycles. The van der Waals surface area contributed by atoms with Gasteiger partial charge < -0.3 is 15.0 Å². The van der Waals surface area contributed by atoms with Gasteiger partial charge in [-0.05, 0) is 36.0 Å². The van der Waals surface area contributed by atoms with Gasteiger partial charge in [0.15, 0.2) is 0 Å². The first-order chi connectivity index (χ1) is 9.71. The largest absolute Gasteiger partial charge is 0.497 e. The summed E-state index contributed by atoms with van der Waals surface area (Å²) in [6, 6.07) is 7.76. The summed E-state index contributed by atoms with van der Waals surface area (Å²) < 4.78 is 5.13. The average molecular weight is 311 g/mol. The van der Waals surface area contributed by atoms with Gasteiger partial charge in [0, 0.05) is 26.2 Å². The molecular weight excluding hydrogens is 288 g/mol. The van der Waals surface area contributed by atoms with Crippen LogP contribution >= 0.6 is 12.4 Å². The number of likely N-dealkylation sites (tertiary alicyclic amines) is 1. The van der Waals surface area contributed by atoms with E-state index in [9.17, 15) is 4.79 Å². The second kappa shape index (κ2) is 6.67. The van der Waals surface area contributed by atoms with Crippen molar-refractivity contribution in [1.29, 1.82) is 0 Å². The molecule has 0 aliphatic carbocycles. The number of rotatable bonds is 3. The van der Waals surface area contributed by atoms with Crippen molar-refractivity contribution >= 4 is 18.3 Å². The lowest BCUT2D eigenvalue weighted by Gasteiger charge is -2.48. The zero-order valence-electron chi connectivity index (χ0n) is 12.4. The van der Waals surface area contributed by atoms with Gasteiger partial charge in [-0.1, -0.05) is 12.1 Å². The van der Waals surface area contributed by atoms with Crippen molar-refractivity contribution in [3.63, 3.8) is 0 Å². The lowest BCUT2D eigenvalue weighted by Crippen LogP contribution is -2.58. The van der Waals surface area contributed by atoms with Gasteiger partial charge in [0.2, 0.25) is 5.91 Å². The van der Waals surface area contributed by atoms with Crippen LogP contribution in [0, 0.1) is 5.41 Å². The van der Waals surface area contributed by atoms with Crippen molar-refractivity contribution in [2.24, 2.45) is 5.41 Å². The van der Waals surface area contributed by atoms with Crippen molar-refractivity contribution in [1.82, 2.24) is 10.2 Å². The maximum absolute atomic E-state index is 12.3. The predicted molar refractivity (Wildman–Crippen MR) is 85.1 cm³/mol. The van der Waals surface area contributed by atoms with Crippen LogP contribution in [0.5, 0.6) is 5.75 Å². The summed E-state index contributed by atoms with van der Waals surface area (Å²) >= 11 is 0. The summed E-state index contributed by atoms with van der Waals surface area (Å²) in [6.45, 7) is 4.09. The molecule has 0 aromatic heterocycles. The Balaban J connectivity index is 0.00000161. The fourth-order valence-corrected chi connectivity index (χ4v) is 3.09. The quantitative estimate of drug-likeness (QED) is 0.927. The van der Waals surface area contributed by atoms with Crippen LogP contribution in [0.3, 0.4) is 0 Å². The van der Waals surface area contributed by atoms with E-state index in [4.69, 9.17) is 4.74 Å². The molecule has 4 nitrogen and oxygen atoms in total. The van der Waals surface area contributed by atoms with Crippen molar-refractivity contribution in [2.75, 3.05) is 33.3 Å². The molecule has 2 aliphatic heterocycles. The lowest BCUT2D eigenvalue weighted by atomic mass is 9.73. The minimum absolute atomic E-state index is 0. The standard InChI is InChI=1S/C16H22N2O2.ClH/c1-20-14-4-2-13(3-5-14)10-15(19)18-8-6-16(7-9-18)11-17-12-16;/h2-5,17H,6-12H2,1H3;1H. The number of hydrogen-bond acceptors (Lipinski definition) is 3. The smallest absolute Gasteiger partial charge is 0.226 e. The van der Waals surface area contributed by atoms with Crippen molar-refractivity contribution in [2.45, 2.75) is 19.3 Å². The second-order valence-electron chi connectivity index (χ2n) is 6.01. The third-order valence-corrected chi connectivity index (χ3v) is 4.69. The number of carbonyl (C=O) groups is 1. The summed E-state index contributed by atoms with van der Waals surface area (Å²) in [6.07, 6.45) is 2.79. The van der Waals surface area contributed by atoms with Crippen molar-refractivity contribution < 1.29 is 9.53 Å². The van der Waals surface area contributed by atoms with Crippen LogP contribution in [-0.2, 0) is 11.2 Å². The third-order valence-electron chi connectivity index (χ3n) is 4.69. The topological polar surface area (TPSA) is 41.6 Å². The van der Waals surface area contributed by atoms with E-state index in [1.165, 1.54) is 0 Å². The molecule has 0 unspecified atom stereocenters. The van der Waals surface area contributed by atoms with Gasteiger partial charge in [-0.3, -0.25) is 4.79 Å². The molecule has 0 bridgehead atoms. The molecular formula is C16H23ClN2O2. The number of halogens is 1. The highest BCUT2D eigenvalue weighted by Crippen LogP contribution is 2.35. The highest BCUT2D eigenvalue weighted by molar-refractivity contribution is 5.85. The molecule has 0 atom stereocenters. The first-order valence-corrected chi connectivity index (χ1v) is 7.32. The minimum atomic E-state index is 0. The van der Waals surface area contributed by atoms with E-state index in [0.717, 1.165) is 50.3 Å². The minimum Gasteiger partial charge on any atom is -0.497 e. The molecule has 1 spiro atoms. The Morgan fingerprint density at radius 1 is 1.24 bits per heavy atom.